The maximum atomic E-state index is 12.4. The Morgan fingerprint density at radius 3 is 1.86 bits per heavy atom. The third-order valence-corrected chi connectivity index (χ3v) is 5.74. The number of rotatable bonds is 8. The highest BCUT2D eigenvalue weighted by Gasteiger charge is 2.56. The number of benzene rings is 2. The number of carbonyl (C=O) groups is 2. The first-order valence-electron chi connectivity index (χ1n) is 10.7. The molecular formula is C23H24O11S. The van der Waals surface area contributed by atoms with Gasteiger partial charge < -0.3 is 28.4 Å². The second-order valence-corrected chi connectivity index (χ2v) is 9.46. The van der Waals surface area contributed by atoms with Gasteiger partial charge in [-0.3, -0.25) is 4.18 Å². The van der Waals surface area contributed by atoms with Gasteiger partial charge in [0.25, 0.3) is 10.1 Å². The molecule has 5 unspecified atom stereocenters. The fraction of sp³-hybridized carbons (Fsp3) is 0.391. The molecule has 0 radical (unpaired) electrons. The minimum atomic E-state index is -4.07. The lowest BCUT2D eigenvalue weighted by atomic mass is 10.0. The van der Waals surface area contributed by atoms with Gasteiger partial charge in [0.1, 0.15) is 19.3 Å². The molecule has 11 nitrogen and oxygen atoms in total. The molecule has 2 saturated heterocycles. The molecule has 2 heterocycles. The fourth-order valence-corrected chi connectivity index (χ4v) is 4.26. The zero-order valence-electron chi connectivity index (χ0n) is 18.7. The maximum absolute atomic E-state index is 12.4. The fourth-order valence-electron chi connectivity index (χ4n) is 3.64. The van der Waals surface area contributed by atoms with Crippen LogP contribution in [0.15, 0.2) is 60.7 Å². The van der Waals surface area contributed by atoms with Crippen molar-refractivity contribution in [1.82, 2.24) is 0 Å². The van der Waals surface area contributed by atoms with Crippen LogP contribution in [0.1, 0.15) is 11.1 Å². The van der Waals surface area contributed by atoms with Crippen molar-refractivity contribution in [3.8, 4) is 0 Å². The summed E-state index contributed by atoms with van der Waals surface area (Å²) in [7, 11) is -4.07. The summed E-state index contributed by atoms with van der Waals surface area (Å²) in [6, 6.07) is 17.8. The molecule has 0 aliphatic carbocycles. The Bertz CT molecular complexity index is 1040. The van der Waals surface area contributed by atoms with E-state index in [4.69, 9.17) is 32.6 Å². The van der Waals surface area contributed by atoms with Crippen LogP contribution in [-0.2, 0) is 55.9 Å². The van der Waals surface area contributed by atoms with Crippen molar-refractivity contribution in [2.75, 3.05) is 12.9 Å². The molecule has 2 aliphatic rings. The molecule has 2 aromatic carbocycles. The Morgan fingerprint density at radius 1 is 0.829 bits per heavy atom. The van der Waals surface area contributed by atoms with E-state index >= 15 is 0 Å². The molecular weight excluding hydrogens is 484 g/mol. The normalized spacial score (nSPS) is 25.5. The Labute approximate surface area is 201 Å². The van der Waals surface area contributed by atoms with Crippen LogP contribution in [0.5, 0.6) is 0 Å². The lowest BCUT2D eigenvalue weighted by molar-refractivity contribution is -0.228. The average molecular weight is 509 g/mol. The van der Waals surface area contributed by atoms with Gasteiger partial charge in [-0.15, -0.1) is 0 Å². The van der Waals surface area contributed by atoms with Crippen LogP contribution in [0, 0.1) is 0 Å². The van der Waals surface area contributed by atoms with E-state index in [-0.39, 0.29) is 19.8 Å². The largest absolute Gasteiger partial charge is 0.509 e. The van der Waals surface area contributed by atoms with Crippen molar-refractivity contribution in [3.05, 3.63) is 71.8 Å². The molecule has 0 spiro atoms. The summed E-state index contributed by atoms with van der Waals surface area (Å²) in [6.07, 6.45) is -7.54. The molecule has 2 aromatic rings. The molecule has 0 saturated carbocycles. The Kier molecular flexibility index (Phi) is 7.86. The van der Waals surface area contributed by atoms with E-state index in [2.05, 4.69) is 0 Å². The highest BCUT2D eigenvalue weighted by atomic mass is 32.2. The third kappa shape index (κ3) is 6.92. The number of ether oxygens (including phenoxy) is 6. The quantitative estimate of drug-likeness (QED) is 0.385. The highest BCUT2D eigenvalue weighted by Crippen LogP contribution is 2.35. The summed E-state index contributed by atoms with van der Waals surface area (Å²) < 4.78 is 61.1. The molecule has 0 aromatic heterocycles. The lowest BCUT2D eigenvalue weighted by Gasteiger charge is -2.38. The van der Waals surface area contributed by atoms with Crippen LogP contribution < -0.4 is 0 Å². The van der Waals surface area contributed by atoms with Gasteiger partial charge in [-0.2, -0.15) is 8.42 Å². The van der Waals surface area contributed by atoms with E-state index in [1.54, 1.807) is 48.5 Å². The number of fused-ring (bicyclic) bond motifs is 2. The summed E-state index contributed by atoms with van der Waals surface area (Å²) in [4.78, 5) is 24.7. The van der Waals surface area contributed by atoms with Gasteiger partial charge in [-0.05, 0) is 11.1 Å². The van der Waals surface area contributed by atoms with E-state index in [1.165, 1.54) is 0 Å². The number of hydrogen-bond acceptors (Lipinski definition) is 11. The van der Waals surface area contributed by atoms with Gasteiger partial charge in [-0.25, -0.2) is 9.59 Å². The molecule has 0 N–H and O–H groups in total. The van der Waals surface area contributed by atoms with Crippen molar-refractivity contribution in [3.63, 3.8) is 0 Å². The van der Waals surface area contributed by atoms with E-state index in [0.29, 0.717) is 5.56 Å². The summed E-state index contributed by atoms with van der Waals surface area (Å²) in [5.74, 6) is 0. The minimum absolute atomic E-state index is 0.0517. The molecule has 188 valence electrons. The first-order chi connectivity index (χ1) is 16.8. The van der Waals surface area contributed by atoms with Crippen molar-refractivity contribution in [2.24, 2.45) is 0 Å². The summed E-state index contributed by atoms with van der Waals surface area (Å²) in [5, 5.41) is 0. The van der Waals surface area contributed by atoms with Crippen LogP contribution in [0.3, 0.4) is 0 Å². The Hall–Kier alpha value is -3.19. The van der Waals surface area contributed by atoms with Crippen LogP contribution in [-0.4, -0.2) is 64.3 Å². The number of carbonyl (C=O) groups excluding carboxylic acids is 2. The standard InChI is InChI=1S/C23H24O11S/c1-35(26,27)34-19-18(32-22(24)29-12-15-8-4-2-5-9-15)17-14-28-21(31-17)20(19)33-23(25)30-13-16-10-6-3-7-11-16/h2-11,17-21H,12-14H2,1H3. The highest BCUT2D eigenvalue weighted by molar-refractivity contribution is 7.86. The van der Waals surface area contributed by atoms with Gasteiger partial charge in [0.15, 0.2) is 24.6 Å². The predicted molar refractivity (Wildman–Crippen MR) is 117 cm³/mol. The van der Waals surface area contributed by atoms with Gasteiger partial charge in [-0.1, -0.05) is 60.7 Å². The van der Waals surface area contributed by atoms with E-state index in [1.807, 2.05) is 12.1 Å². The zero-order valence-corrected chi connectivity index (χ0v) is 19.5. The minimum Gasteiger partial charge on any atom is -0.429 e. The van der Waals surface area contributed by atoms with Crippen LogP contribution in [0.25, 0.3) is 0 Å². The van der Waals surface area contributed by atoms with Gasteiger partial charge in [0.05, 0.1) is 12.9 Å². The topological polar surface area (TPSA) is 133 Å². The maximum Gasteiger partial charge on any atom is 0.509 e. The van der Waals surface area contributed by atoms with Crippen LogP contribution >= 0.6 is 0 Å². The first-order valence-corrected chi connectivity index (χ1v) is 12.5. The van der Waals surface area contributed by atoms with E-state index in [0.717, 1.165) is 11.8 Å². The first kappa shape index (κ1) is 24.9. The van der Waals surface area contributed by atoms with Crippen molar-refractivity contribution in [2.45, 2.75) is 43.9 Å². The monoisotopic (exact) mass is 508 g/mol. The smallest absolute Gasteiger partial charge is 0.429 e. The van der Waals surface area contributed by atoms with E-state index in [9.17, 15) is 18.0 Å². The molecule has 5 atom stereocenters. The summed E-state index contributed by atoms with van der Waals surface area (Å²) >= 11 is 0. The van der Waals surface area contributed by atoms with Gasteiger partial charge >= 0.3 is 12.3 Å². The second-order valence-electron chi connectivity index (χ2n) is 7.85. The Balaban J connectivity index is 1.44. The van der Waals surface area contributed by atoms with Gasteiger partial charge in [0.2, 0.25) is 0 Å². The molecule has 2 fully saturated rings. The average Bonchev–Trinajstić information content (AvgIpc) is 3.28. The molecule has 4 rings (SSSR count). The Morgan fingerprint density at radius 2 is 1.34 bits per heavy atom. The number of hydrogen-bond donors (Lipinski definition) is 0. The van der Waals surface area contributed by atoms with Crippen molar-refractivity contribution < 1.29 is 50.6 Å². The van der Waals surface area contributed by atoms with E-state index < -0.39 is 53.1 Å². The molecule has 35 heavy (non-hydrogen) atoms. The summed E-state index contributed by atoms with van der Waals surface area (Å²) in [5.41, 5.74) is 1.44. The summed E-state index contributed by atoms with van der Waals surface area (Å²) in [6.45, 7) is -0.199. The predicted octanol–water partition coefficient (Wildman–Crippen LogP) is 2.53. The SMILES string of the molecule is CS(=O)(=O)OC1C(OC(=O)OCc2ccccc2)C2COC(O2)C1OC(=O)OCc1ccccc1. The molecule has 2 aliphatic heterocycles. The molecule has 0 amide bonds. The van der Waals surface area contributed by atoms with Crippen LogP contribution in [0.4, 0.5) is 9.59 Å². The van der Waals surface area contributed by atoms with Crippen molar-refractivity contribution in [1.29, 1.82) is 0 Å². The van der Waals surface area contributed by atoms with Crippen LogP contribution in [0.2, 0.25) is 0 Å². The van der Waals surface area contributed by atoms with Gasteiger partial charge in [0, 0.05) is 0 Å². The zero-order chi connectivity index (χ0) is 24.8. The third-order valence-electron chi connectivity index (χ3n) is 5.17. The van der Waals surface area contributed by atoms with Crippen molar-refractivity contribution >= 4 is 22.4 Å². The molecule has 12 heteroatoms. The lowest BCUT2D eigenvalue weighted by Crippen LogP contribution is -2.58. The second kappa shape index (κ2) is 11.0. The molecule has 2 bridgehead atoms.